The molecule has 0 fully saturated rings. The molecule has 0 aliphatic carbocycles. The van der Waals surface area contributed by atoms with E-state index in [0.29, 0.717) is 0 Å². The van der Waals surface area contributed by atoms with Gasteiger partial charge < -0.3 is 10.6 Å². The van der Waals surface area contributed by atoms with Crippen LogP contribution in [0.15, 0.2) is 0 Å². The van der Waals surface area contributed by atoms with E-state index < -0.39 is 5.09 Å². The maximum atomic E-state index is 9.43. The highest BCUT2D eigenvalue weighted by atomic mass is 35.5. The van der Waals surface area contributed by atoms with E-state index >= 15 is 0 Å². The Labute approximate surface area is 58.7 Å². The van der Waals surface area contributed by atoms with E-state index in [2.05, 4.69) is 4.84 Å². The van der Waals surface area contributed by atoms with Crippen molar-refractivity contribution in [2.45, 2.75) is 13.0 Å². The van der Waals surface area contributed by atoms with Gasteiger partial charge in [-0.3, -0.25) is 0 Å². The zero-order valence-electron chi connectivity index (χ0n) is 4.94. The third kappa shape index (κ3) is 11.2. The molecule has 0 bridgehead atoms. The van der Waals surface area contributed by atoms with Gasteiger partial charge in [-0.1, -0.05) is 0 Å². The summed E-state index contributed by atoms with van der Waals surface area (Å²) in [6.07, 6.45) is 0. The van der Waals surface area contributed by atoms with Crippen molar-refractivity contribution in [1.29, 1.82) is 0 Å². The maximum Gasteiger partial charge on any atom is 0.294 e. The molecule has 0 saturated heterocycles. The largest absolute Gasteiger partial charge is 0.326 e. The lowest BCUT2D eigenvalue weighted by molar-refractivity contribution is -0.758. The third-order valence-electron chi connectivity index (χ3n) is 0.443. The average Bonchev–Trinajstić information content (AvgIpc) is 1.61. The van der Waals surface area contributed by atoms with Gasteiger partial charge in [0, 0.05) is 6.04 Å². The lowest BCUT2D eigenvalue weighted by atomic mass is 10.4. The molecule has 0 radical (unpaired) electrons. The van der Waals surface area contributed by atoms with E-state index in [-0.39, 0.29) is 25.1 Å². The van der Waals surface area contributed by atoms with Crippen LogP contribution in [0.1, 0.15) is 6.92 Å². The monoisotopic (exact) mass is 156 g/mol. The Morgan fingerprint density at radius 3 is 2.44 bits per heavy atom. The fourth-order valence-corrected chi connectivity index (χ4v) is 0.178. The normalized spacial score (nSPS) is 11.3. The van der Waals surface area contributed by atoms with Crippen molar-refractivity contribution in [2.24, 2.45) is 5.73 Å². The lowest BCUT2D eigenvalue weighted by Gasteiger charge is -1.99. The quantitative estimate of drug-likeness (QED) is 0.460. The number of nitrogens with two attached hydrogens (primary N) is 1. The number of nitrogens with zero attached hydrogens (tertiary/aromatic N) is 1. The zero-order chi connectivity index (χ0) is 6.57. The molecule has 0 aromatic rings. The summed E-state index contributed by atoms with van der Waals surface area (Å²) in [5.41, 5.74) is 5.11. The summed E-state index contributed by atoms with van der Waals surface area (Å²) in [7, 11) is 0. The Morgan fingerprint density at radius 2 is 2.33 bits per heavy atom. The van der Waals surface area contributed by atoms with Crippen LogP contribution in [0.4, 0.5) is 0 Å². The first-order valence-electron chi connectivity index (χ1n) is 2.16. The van der Waals surface area contributed by atoms with Crippen LogP contribution in [0.5, 0.6) is 0 Å². The van der Waals surface area contributed by atoms with Crippen LogP contribution in [-0.2, 0) is 4.84 Å². The molecule has 5 nitrogen and oxygen atoms in total. The predicted octanol–water partition coefficient (Wildman–Crippen LogP) is -0.0363. The SMILES string of the molecule is C[C@@H](N)CO[N+](=O)[O-].Cl. The molecule has 9 heavy (non-hydrogen) atoms. The highest BCUT2D eigenvalue weighted by Gasteiger charge is 1.96. The number of rotatable bonds is 3. The maximum absolute atomic E-state index is 9.43. The van der Waals surface area contributed by atoms with Crippen molar-refractivity contribution in [1.82, 2.24) is 0 Å². The first-order valence-corrected chi connectivity index (χ1v) is 2.16. The van der Waals surface area contributed by atoms with Crippen LogP contribution in [0.3, 0.4) is 0 Å². The molecule has 56 valence electrons. The summed E-state index contributed by atoms with van der Waals surface area (Å²) in [4.78, 5) is 13.3. The third-order valence-corrected chi connectivity index (χ3v) is 0.443. The van der Waals surface area contributed by atoms with Crippen molar-refractivity contribution in [3.63, 3.8) is 0 Å². The van der Waals surface area contributed by atoms with Crippen LogP contribution in [0, 0.1) is 10.1 Å². The fraction of sp³-hybridized carbons (Fsp3) is 1.00. The molecular formula is C3H9ClN2O3. The second kappa shape index (κ2) is 5.58. The molecule has 6 heteroatoms. The summed E-state index contributed by atoms with van der Waals surface area (Å²) in [5, 5.41) is 8.57. The molecule has 0 aromatic heterocycles. The molecule has 0 aromatic carbocycles. The molecule has 0 saturated carbocycles. The topological polar surface area (TPSA) is 78.4 Å². The van der Waals surface area contributed by atoms with E-state index in [1.807, 2.05) is 0 Å². The minimum absolute atomic E-state index is 0. The second-order valence-corrected chi connectivity index (χ2v) is 1.50. The second-order valence-electron chi connectivity index (χ2n) is 1.50. The molecule has 2 N–H and O–H groups in total. The van der Waals surface area contributed by atoms with Crippen molar-refractivity contribution < 1.29 is 9.92 Å². The highest BCUT2D eigenvalue weighted by molar-refractivity contribution is 5.85. The van der Waals surface area contributed by atoms with Gasteiger partial charge in [0.15, 0.2) is 0 Å². The molecule has 0 aliphatic heterocycles. The molecule has 0 spiro atoms. The predicted molar refractivity (Wildman–Crippen MR) is 33.8 cm³/mol. The Morgan fingerprint density at radius 1 is 1.89 bits per heavy atom. The highest BCUT2D eigenvalue weighted by Crippen LogP contribution is 1.77. The molecule has 0 aliphatic rings. The van der Waals surface area contributed by atoms with Gasteiger partial charge in [0.1, 0.15) is 6.61 Å². The van der Waals surface area contributed by atoms with E-state index in [4.69, 9.17) is 5.73 Å². The van der Waals surface area contributed by atoms with Crippen molar-refractivity contribution >= 4 is 12.4 Å². The van der Waals surface area contributed by atoms with Crippen molar-refractivity contribution in [3.05, 3.63) is 10.1 Å². The molecule has 0 rings (SSSR count). The number of hydrogen-bond donors (Lipinski definition) is 1. The van der Waals surface area contributed by atoms with Gasteiger partial charge in [-0.25, -0.2) is 0 Å². The minimum Gasteiger partial charge on any atom is -0.326 e. The van der Waals surface area contributed by atoms with Gasteiger partial charge in [0.2, 0.25) is 0 Å². The van der Waals surface area contributed by atoms with E-state index in [9.17, 15) is 10.1 Å². The van der Waals surface area contributed by atoms with Crippen LogP contribution in [0.2, 0.25) is 0 Å². The minimum atomic E-state index is -0.858. The molecule has 0 heterocycles. The molecular weight excluding hydrogens is 147 g/mol. The van der Waals surface area contributed by atoms with Crippen molar-refractivity contribution in [3.8, 4) is 0 Å². The summed E-state index contributed by atoms with van der Waals surface area (Å²) >= 11 is 0. The average molecular weight is 157 g/mol. The smallest absolute Gasteiger partial charge is 0.294 e. The molecule has 1 atom stereocenters. The summed E-state index contributed by atoms with van der Waals surface area (Å²) in [6.45, 7) is 1.59. The van der Waals surface area contributed by atoms with Gasteiger partial charge >= 0.3 is 0 Å². The standard InChI is InChI=1S/C3H8N2O3.ClH/c1-3(4)2-8-5(6)7;/h3H,2,4H2,1H3;1H/t3-;/m1./s1. The summed E-state index contributed by atoms with van der Waals surface area (Å²) in [5.74, 6) is 0. The Balaban J connectivity index is 0. The first kappa shape index (κ1) is 11.3. The van der Waals surface area contributed by atoms with Gasteiger partial charge in [-0.05, 0) is 6.92 Å². The zero-order valence-corrected chi connectivity index (χ0v) is 5.76. The summed E-state index contributed by atoms with van der Waals surface area (Å²) in [6, 6.07) is -0.277. The molecule has 0 unspecified atom stereocenters. The van der Waals surface area contributed by atoms with Gasteiger partial charge in [0.05, 0.1) is 0 Å². The van der Waals surface area contributed by atoms with Crippen LogP contribution in [-0.4, -0.2) is 17.7 Å². The van der Waals surface area contributed by atoms with Crippen molar-refractivity contribution in [2.75, 3.05) is 6.61 Å². The van der Waals surface area contributed by atoms with Gasteiger partial charge in [0.25, 0.3) is 5.09 Å². The number of halogens is 1. The van der Waals surface area contributed by atoms with E-state index in [0.717, 1.165) is 0 Å². The van der Waals surface area contributed by atoms with E-state index in [1.54, 1.807) is 6.92 Å². The Kier molecular flexibility index (Phi) is 6.99. The van der Waals surface area contributed by atoms with Crippen LogP contribution in [0.25, 0.3) is 0 Å². The fourth-order valence-electron chi connectivity index (χ4n) is 0.178. The van der Waals surface area contributed by atoms with Crippen LogP contribution >= 0.6 is 12.4 Å². The molecule has 0 amide bonds. The van der Waals surface area contributed by atoms with Gasteiger partial charge in [-0.2, -0.15) is 0 Å². The van der Waals surface area contributed by atoms with Gasteiger partial charge in [-0.15, -0.1) is 22.5 Å². The number of hydrogen-bond acceptors (Lipinski definition) is 4. The Bertz CT molecular complexity index is 87.1. The van der Waals surface area contributed by atoms with E-state index in [1.165, 1.54) is 0 Å². The van der Waals surface area contributed by atoms with Crippen LogP contribution < -0.4 is 5.73 Å². The summed E-state index contributed by atoms with van der Waals surface area (Å²) < 4.78 is 0. The Hall–Kier alpha value is -0.550. The first-order chi connectivity index (χ1) is 3.63. The lowest BCUT2D eigenvalue weighted by Crippen LogP contribution is -2.23.